The van der Waals surface area contributed by atoms with Crippen LogP contribution in [0.2, 0.25) is 0 Å². The molecular weight excluding hydrogens is 342 g/mol. The SMILES string of the molecule is CCN1CCC[C@@H](Nc2nnc(-c3ccc4c(c3O)CCC4)n(C)c2=O)C1. The number of likely N-dealkylation sites (N-methyl/N-ethyl adjacent to an activating group) is 1. The predicted molar refractivity (Wildman–Crippen MR) is 105 cm³/mol. The van der Waals surface area contributed by atoms with E-state index in [-0.39, 0.29) is 23.2 Å². The van der Waals surface area contributed by atoms with Crippen molar-refractivity contribution < 1.29 is 5.11 Å². The van der Waals surface area contributed by atoms with Crippen molar-refractivity contribution in [2.45, 2.75) is 45.1 Å². The molecule has 7 heteroatoms. The fourth-order valence-corrected chi connectivity index (χ4v) is 4.27. The Kier molecular flexibility index (Phi) is 4.86. The molecule has 1 fully saturated rings. The molecule has 27 heavy (non-hydrogen) atoms. The number of phenolic OH excluding ortho intramolecular Hbond substituents is 1. The van der Waals surface area contributed by atoms with E-state index in [2.05, 4.69) is 27.3 Å². The van der Waals surface area contributed by atoms with Gasteiger partial charge in [0.2, 0.25) is 5.82 Å². The van der Waals surface area contributed by atoms with Gasteiger partial charge >= 0.3 is 0 Å². The molecule has 0 saturated carbocycles. The van der Waals surface area contributed by atoms with Crippen LogP contribution in [0, 0.1) is 0 Å². The van der Waals surface area contributed by atoms with Crippen molar-refractivity contribution in [3.8, 4) is 17.1 Å². The fourth-order valence-electron chi connectivity index (χ4n) is 4.27. The summed E-state index contributed by atoms with van der Waals surface area (Å²) in [5, 5.41) is 22.4. The molecule has 0 unspecified atom stereocenters. The van der Waals surface area contributed by atoms with Gasteiger partial charge in [0.05, 0.1) is 5.56 Å². The van der Waals surface area contributed by atoms with Gasteiger partial charge in [0, 0.05) is 19.6 Å². The number of nitrogens with one attached hydrogen (secondary N) is 1. The number of hydrogen-bond acceptors (Lipinski definition) is 6. The van der Waals surface area contributed by atoms with Crippen LogP contribution in [0.4, 0.5) is 5.82 Å². The summed E-state index contributed by atoms with van der Waals surface area (Å²) in [6.45, 7) is 5.18. The highest BCUT2D eigenvalue weighted by Crippen LogP contribution is 2.37. The average Bonchev–Trinajstić information content (AvgIpc) is 3.16. The van der Waals surface area contributed by atoms with Crippen LogP contribution in [0.15, 0.2) is 16.9 Å². The summed E-state index contributed by atoms with van der Waals surface area (Å²) in [7, 11) is 1.68. The van der Waals surface area contributed by atoms with Crippen molar-refractivity contribution in [3.05, 3.63) is 33.6 Å². The molecule has 0 bridgehead atoms. The Morgan fingerprint density at radius 1 is 1.26 bits per heavy atom. The molecule has 7 nitrogen and oxygen atoms in total. The summed E-state index contributed by atoms with van der Waals surface area (Å²) >= 11 is 0. The van der Waals surface area contributed by atoms with Crippen LogP contribution in [0.25, 0.3) is 11.4 Å². The second-order valence-corrected chi connectivity index (χ2v) is 7.57. The number of aromatic nitrogens is 3. The van der Waals surface area contributed by atoms with Crippen molar-refractivity contribution in [1.82, 2.24) is 19.7 Å². The van der Waals surface area contributed by atoms with Crippen molar-refractivity contribution >= 4 is 5.82 Å². The van der Waals surface area contributed by atoms with Gasteiger partial charge in [-0.25, -0.2) is 0 Å². The Morgan fingerprint density at radius 2 is 2.11 bits per heavy atom. The third-order valence-electron chi connectivity index (χ3n) is 5.86. The maximum atomic E-state index is 12.8. The zero-order valence-electron chi connectivity index (χ0n) is 16.0. The lowest BCUT2D eigenvalue weighted by Crippen LogP contribution is -2.43. The van der Waals surface area contributed by atoms with Crippen molar-refractivity contribution in [1.29, 1.82) is 0 Å². The van der Waals surface area contributed by atoms with E-state index >= 15 is 0 Å². The van der Waals surface area contributed by atoms with E-state index in [0.717, 1.165) is 57.3 Å². The number of anilines is 1. The maximum Gasteiger partial charge on any atom is 0.296 e. The lowest BCUT2D eigenvalue weighted by molar-refractivity contribution is 0.226. The topological polar surface area (TPSA) is 83.3 Å². The first kappa shape index (κ1) is 18.0. The minimum Gasteiger partial charge on any atom is -0.507 e. The molecule has 2 aliphatic rings. The first-order valence-electron chi connectivity index (χ1n) is 9.85. The van der Waals surface area contributed by atoms with E-state index in [1.807, 2.05) is 12.1 Å². The molecule has 144 valence electrons. The average molecular weight is 369 g/mol. The van der Waals surface area contributed by atoms with Crippen LogP contribution >= 0.6 is 0 Å². The zero-order valence-corrected chi connectivity index (χ0v) is 16.0. The van der Waals surface area contributed by atoms with Gasteiger partial charge in [-0.3, -0.25) is 9.36 Å². The van der Waals surface area contributed by atoms with E-state index in [1.54, 1.807) is 7.05 Å². The minimum atomic E-state index is -0.214. The van der Waals surface area contributed by atoms with Crippen LogP contribution in [0.5, 0.6) is 5.75 Å². The highest BCUT2D eigenvalue weighted by molar-refractivity contribution is 5.68. The van der Waals surface area contributed by atoms with Crippen LogP contribution in [0.1, 0.15) is 37.3 Å². The summed E-state index contributed by atoms with van der Waals surface area (Å²) < 4.78 is 1.48. The summed E-state index contributed by atoms with van der Waals surface area (Å²) in [4.78, 5) is 15.2. The van der Waals surface area contributed by atoms with Crippen molar-refractivity contribution in [3.63, 3.8) is 0 Å². The number of phenols is 1. The van der Waals surface area contributed by atoms with Gasteiger partial charge in [0.25, 0.3) is 5.56 Å². The molecule has 2 aromatic rings. The summed E-state index contributed by atoms with van der Waals surface area (Å²) in [5.74, 6) is 0.919. The molecule has 1 aliphatic carbocycles. The molecule has 2 heterocycles. The minimum absolute atomic E-state index is 0.208. The first-order valence-corrected chi connectivity index (χ1v) is 9.85. The van der Waals surface area contributed by atoms with Crippen molar-refractivity contribution in [2.24, 2.45) is 7.05 Å². The molecule has 1 saturated heterocycles. The van der Waals surface area contributed by atoms with Gasteiger partial charge in [-0.15, -0.1) is 10.2 Å². The molecule has 1 aliphatic heterocycles. The predicted octanol–water partition coefficient (Wildman–Crippen LogP) is 1.93. The van der Waals surface area contributed by atoms with Gasteiger partial charge in [-0.2, -0.15) is 0 Å². The standard InChI is InChI=1S/C20H27N5O2/c1-3-25-11-5-7-14(12-25)21-18-20(27)24(2)19(23-22-18)16-10-9-13-6-4-8-15(13)17(16)26/h9-10,14,26H,3-8,11-12H2,1-2H3,(H,21,22)/t14-/m1/s1. The Hall–Kier alpha value is -2.41. The number of piperidine rings is 1. The highest BCUT2D eigenvalue weighted by Gasteiger charge is 2.23. The van der Waals surface area contributed by atoms with E-state index in [0.29, 0.717) is 11.4 Å². The molecule has 2 N–H and O–H groups in total. The largest absolute Gasteiger partial charge is 0.507 e. The van der Waals surface area contributed by atoms with E-state index in [1.165, 1.54) is 10.1 Å². The number of likely N-dealkylation sites (tertiary alicyclic amines) is 1. The molecule has 0 amide bonds. The summed E-state index contributed by atoms with van der Waals surface area (Å²) in [6.07, 6.45) is 5.05. The quantitative estimate of drug-likeness (QED) is 0.857. The third kappa shape index (κ3) is 3.32. The number of hydrogen-bond donors (Lipinski definition) is 2. The molecular formula is C20H27N5O2. The number of nitrogens with zero attached hydrogens (tertiary/aromatic N) is 4. The van der Waals surface area contributed by atoms with Gasteiger partial charge in [-0.05, 0) is 62.4 Å². The molecule has 0 spiro atoms. The van der Waals surface area contributed by atoms with Gasteiger partial charge < -0.3 is 15.3 Å². The van der Waals surface area contributed by atoms with Crippen LogP contribution in [0.3, 0.4) is 0 Å². The maximum absolute atomic E-state index is 12.8. The molecule has 1 aromatic heterocycles. The number of rotatable bonds is 4. The number of benzene rings is 1. The van der Waals surface area contributed by atoms with Crippen LogP contribution in [-0.4, -0.2) is 50.4 Å². The molecule has 1 aromatic carbocycles. The van der Waals surface area contributed by atoms with Crippen LogP contribution in [-0.2, 0) is 19.9 Å². The molecule has 4 rings (SSSR count). The summed E-state index contributed by atoms with van der Waals surface area (Å²) in [6, 6.07) is 4.08. The fraction of sp³-hybridized carbons (Fsp3) is 0.550. The molecule has 0 radical (unpaired) electrons. The highest BCUT2D eigenvalue weighted by atomic mass is 16.3. The summed E-state index contributed by atoms with van der Waals surface area (Å²) in [5.41, 5.74) is 2.52. The smallest absolute Gasteiger partial charge is 0.296 e. The van der Waals surface area contributed by atoms with Gasteiger partial charge in [0.15, 0.2) is 5.82 Å². The van der Waals surface area contributed by atoms with Gasteiger partial charge in [0.1, 0.15) is 5.75 Å². The number of aromatic hydroxyl groups is 1. The second kappa shape index (κ2) is 7.31. The monoisotopic (exact) mass is 369 g/mol. The first-order chi connectivity index (χ1) is 13.1. The Morgan fingerprint density at radius 3 is 2.93 bits per heavy atom. The Balaban J connectivity index is 1.62. The number of aryl methyl sites for hydroxylation is 1. The normalized spacial score (nSPS) is 19.9. The second-order valence-electron chi connectivity index (χ2n) is 7.57. The lowest BCUT2D eigenvalue weighted by atomic mass is 10.0. The Bertz CT molecular complexity index is 908. The van der Waals surface area contributed by atoms with Gasteiger partial charge in [-0.1, -0.05) is 13.0 Å². The third-order valence-corrected chi connectivity index (χ3v) is 5.86. The van der Waals surface area contributed by atoms with E-state index in [4.69, 9.17) is 0 Å². The zero-order chi connectivity index (χ0) is 19.0. The Labute approximate surface area is 159 Å². The lowest BCUT2D eigenvalue weighted by Gasteiger charge is -2.32. The van der Waals surface area contributed by atoms with Crippen molar-refractivity contribution in [2.75, 3.05) is 25.0 Å². The van der Waals surface area contributed by atoms with E-state index in [9.17, 15) is 9.90 Å². The number of fused-ring (bicyclic) bond motifs is 1. The molecule has 1 atom stereocenters. The van der Waals surface area contributed by atoms with Crippen LogP contribution < -0.4 is 10.9 Å². The van der Waals surface area contributed by atoms with E-state index < -0.39 is 0 Å².